The van der Waals surface area contributed by atoms with Gasteiger partial charge in [-0.2, -0.15) is 4.57 Å². The number of hydrogen-bond donors (Lipinski definition) is 1. The van der Waals surface area contributed by atoms with Crippen LogP contribution in [0.25, 0.3) is 11.1 Å². The SMILES string of the molecule is C=CCNC(=O)n1c(=O)oc2cc(OC)ccc21. The van der Waals surface area contributed by atoms with E-state index in [1.165, 1.54) is 13.2 Å². The lowest BCUT2D eigenvalue weighted by Gasteiger charge is -2.02. The molecule has 2 rings (SSSR count). The van der Waals surface area contributed by atoms with Crippen LogP contribution in [0.3, 0.4) is 0 Å². The number of ether oxygens (including phenoxy) is 1. The van der Waals surface area contributed by atoms with Gasteiger partial charge in [0.1, 0.15) is 11.3 Å². The molecule has 18 heavy (non-hydrogen) atoms. The van der Waals surface area contributed by atoms with Crippen molar-refractivity contribution in [2.75, 3.05) is 13.7 Å². The molecule has 1 N–H and O–H groups in total. The van der Waals surface area contributed by atoms with Crippen LogP contribution in [0.5, 0.6) is 5.75 Å². The van der Waals surface area contributed by atoms with Gasteiger partial charge in [0.25, 0.3) is 0 Å². The monoisotopic (exact) mass is 248 g/mol. The highest BCUT2D eigenvalue weighted by molar-refractivity contribution is 5.88. The molecule has 0 aliphatic heterocycles. The Labute approximate surface area is 102 Å². The number of carbonyl (C=O) groups is 1. The van der Waals surface area contributed by atoms with Crippen molar-refractivity contribution in [3.63, 3.8) is 0 Å². The van der Waals surface area contributed by atoms with Crippen molar-refractivity contribution in [1.29, 1.82) is 0 Å². The Morgan fingerprint density at radius 1 is 1.61 bits per heavy atom. The summed E-state index contributed by atoms with van der Waals surface area (Å²) in [5.41, 5.74) is 0.690. The van der Waals surface area contributed by atoms with E-state index >= 15 is 0 Å². The molecule has 94 valence electrons. The maximum atomic E-state index is 11.8. The fraction of sp³-hybridized carbons (Fsp3) is 0.167. The highest BCUT2D eigenvalue weighted by Gasteiger charge is 2.15. The molecule has 0 aliphatic carbocycles. The molecular formula is C12H12N2O4. The maximum absolute atomic E-state index is 11.8. The van der Waals surface area contributed by atoms with Crippen LogP contribution in [0.15, 0.2) is 40.1 Å². The minimum absolute atomic E-state index is 0.272. The third-order valence-electron chi connectivity index (χ3n) is 2.39. The lowest BCUT2D eigenvalue weighted by molar-refractivity contribution is 0.242. The molecule has 0 spiro atoms. The van der Waals surface area contributed by atoms with Crippen LogP contribution in [-0.2, 0) is 0 Å². The molecule has 0 unspecified atom stereocenters. The molecule has 1 aromatic carbocycles. The lowest BCUT2D eigenvalue weighted by atomic mass is 10.3. The Hall–Kier alpha value is -2.50. The average Bonchev–Trinajstić information content (AvgIpc) is 2.70. The zero-order valence-corrected chi connectivity index (χ0v) is 9.80. The van der Waals surface area contributed by atoms with Gasteiger partial charge < -0.3 is 14.5 Å². The van der Waals surface area contributed by atoms with E-state index in [1.807, 2.05) is 0 Å². The fourth-order valence-corrected chi connectivity index (χ4v) is 1.56. The standard InChI is InChI=1S/C12H12N2O4/c1-3-6-13-11(15)14-9-5-4-8(17-2)7-10(9)18-12(14)16/h3-5,7H,1,6H2,2H3,(H,13,15). The van der Waals surface area contributed by atoms with Crippen LogP contribution in [0.4, 0.5) is 4.79 Å². The van der Waals surface area contributed by atoms with Crippen molar-refractivity contribution < 1.29 is 13.9 Å². The van der Waals surface area contributed by atoms with Crippen molar-refractivity contribution in [1.82, 2.24) is 9.88 Å². The van der Waals surface area contributed by atoms with E-state index in [1.54, 1.807) is 18.2 Å². The zero-order chi connectivity index (χ0) is 13.1. The van der Waals surface area contributed by atoms with Crippen molar-refractivity contribution in [3.8, 4) is 5.75 Å². The quantitative estimate of drug-likeness (QED) is 0.832. The molecule has 0 saturated heterocycles. The Bertz CT molecular complexity index is 654. The molecular weight excluding hydrogens is 236 g/mol. The summed E-state index contributed by atoms with van der Waals surface area (Å²) in [7, 11) is 1.51. The second kappa shape index (κ2) is 4.79. The van der Waals surface area contributed by atoms with Gasteiger partial charge in [-0.1, -0.05) is 6.08 Å². The van der Waals surface area contributed by atoms with Gasteiger partial charge in [-0.25, -0.2) is 9.59 Å². The molecule has 2 aromatic rings. The third kappa shape index (κ3) is 2.00. The second-order valence-corrected chi connectivity index (χ2v) is 3.51. The van der Waals surface area contributed by atoms with Gasteiger partial charge in [0.15, 0.2) is 5.58 Å². The predicted octanol–water partition coefficient (Wildman–Crippen LogP) is 1.35. The van der Waals surface area contributed by atoms with E-state index in [9.17, 15) is 9.59 Å². The Morgan fingerprint density at radius 3 is 3.06 bits per heavy atom. The van der Waals surface area contributed by atoms with Crippen molar-refractivity contribution in [2.24, 2.45) is 0 Å². The van der Waals surface area contributed by atoms with E-state index < -0.39 is 11.8 Å². The third-order valence-corrected chi connectivity index (χ3v) is 2.39. The van der Waals surface area contributed by atoms with Crippen LogP contribution < -0.4 is 15.8 Å². The average molecular weight is 248 g/mol. The van der Waals surface area contributed by atoms with Gasteiger partial charge in [0, 0.05) is 12.6 Å². The molecule has 0 atom stereocenters. The second-order valence-electron chi connectivity index (χ2n) is 3.51. The first-order valence-corrected chi connectivity index (χ1v) is 5.26. The van der Waals surface area contributed by atoms with Crippen LogP contribution in [0.1, 0.15) is 0 Å². The molecule has 0 bridgehead atoms. The molecule has 6 nitrogen and oxygen atoms in total. The lowest BCUT2D eigenvalue weighted by Crippen LogP contribution is -2.34. The van der Waals surface area contributed by atoms with Gasteiger partial charge in [-0.3, -0.25) is 0 Å². The summed E-state index contributed by atoms with van der Waals surface area (Å²) in [4.78, 5) is 23.4. The molecule has 1 heterocycles. The minimum atomic E-state index is -0.736. The number of rotatable bonds is 3. The number of nitrogens with one attached hydrogen (secondary N) is 1. The number of aromatic nitrogens is 1. The molecule has 0 saturated carbocycles. The Balaban J connectivity index is 2.50. The minimum Gasteiger partial charge on any atom is -0.497 e. The molecule has 0 fully saturated rings. The zero-order valence-electron chi connectivity index (χ0n) is 9.80. The number of hydrogen-bond acceptors (Lipinski definition) is 4. The van der Waals surface area contributed by atoms with Crippen molar-refractivity contribution in [2.45, 2.75) is 0 Å². The summed E-state index contributed by atoms with van der Waals surface area (Å²) in [5.74, 6) is -0.185. The van der Waals surface area contributed by atoms with Crippen molar-refractivity contribution in [3.05, 3.63) is 41.4 Å². The summed E-state index contributed by atoms with van der Waals surface area (Å²) >= 11 is 0. The summed E-state index contributed by atoms with van der Waals surface area (Å²) in [6, 6.07) is 4.23. The van der Waals surface area contributed by atoms with Gasteiger partial charge in [-0.05, 0) is 12.1 Å². The first-order valence-electron chi connectivity index (χ1n) is 5.26. The topological polar surface area (TPSA) is 73.5 Å². The molecule has 0 radical (unpaired) electrons. The molecule has 1 amide bonds. The van der Waals surface area contributed by atoms with E-state index in [-0.39, 0.29) is 6.54 Å². The number of amides is 1. The van der Waals surface area contributed by atoms with Crippen LogP contribution >= 0.6 is 0 Å². The number of carbonyl (C=O) groups excluding carboxylic acids is 1. The number of fused-ring (bicyclic) bond motifs is 1. The largest absolute Gasteiger partial charge is 0.497 e. The smallest absolute Gasteiger partial charge is 0.428 e. The number of benzene rings is 1. The highest BCUT2D eigenvalue weighted by atomic mass is 16.5. The summed E-state index contributed by atoms with van der Waals surface area (Å²) in [6.07, 6.45) is 1.52. The predicted molar refractivity (Wildman–Crippen MR) is 66.0 cm³/mol. The summed E-state index contributed by atoms with van der Waals surface area (Å²) in [6.45, 7) is 3.75. The van der Waals surface area contributed by atoms with Crippen LogP contribution in [-0.4, -0.2) is 24.3 Å². The van der Waals surface area contributed by atoms with E-state index in [2.05, 4.69) is 11.9 Å². The van der Waals surface area contributed by atoms with Crippen LogP contribution in [0.2, 0.25) is 0 Å². The van der Waals surface area contributed by atoms with E-state index in [0.29, 0.717) is 16.8 Å². The number of nitrogens with zero attached hydrogens (tertiary/aromatic N) is 1. The van der Waals surface area contributed by atoms with Gasteiger partial charge in [-0.15, -0.1) is 6.58 Å². The van der Waals surface area contributed by atoms with Gasteiger partial charge in [0.2, 0.25) is 0 Å². The number of oxazole rings is 1. The van der Waals surface area contributed by atoms with E-state index in [4.69, 9.17) is 9.15 Å². The first-order chi connectivity index (χ1) is 8.67. The first kappa shape index (κ1) is 12.0. The van der Waals surface area contributed by atoms with Crippen LogP contribution in [0, 0.1) is 0 Å². The highest BCUT2D eigenvalue weighted by Crippen LogP contribution is 2.19. The molecule has 6 heteroatoms. The van der Waals surface area contributed by atoms with Crippen molar-refractivity contribution >= 4 is 17.1 Å². The maximum Gasteiger partial charge on any atom is 0.428 e. The number of methoxy groups -OCH3 is 1. The van der Waals surface area contributed by atoms with E-state index in [0.717, 1.165) is 4.57 Å². The summed E-state index contributed by atoms with van der Waals surface area (Å²) in [5, 5.41) is 2.51. The Morgan fingerprint density at radius 2 is 2.39 bits per heavy atom. The fourth-order valence-electron chi connectivity index (χ4n) is 1.56. The molecule has 0 aliphatic rings. The normalized spacial score (nSPS) is 10.3. The van der Waals surface area contributed by atoms with Gasteiger partial charge >= 0.3 is 11.8 Å². The Kier molecular flexibility index (Phi) is 3.18. The summed E-state index contributed by atoms with van der Waals surface area (Å²) < 4.78 is 10.9. The molecule has 1 aromatic heterocycles. The van der Waals surface area contributed by atoms with Gasteiger partial charge in [0.05, 0.1) is 7.11 Å².